The molecule has 0 spiro atoms. The lowest BCUT2D eigenvalue weighted by atomic mass is 10.6. The van der Waals surface area contributed by atoms with Gasteiger partial charge in [0.15, 0.2) is 0 Å². The average Bonchev–Trinajstić information content (AvgIpc) is 2.45. The largest absolute Gasteiger partial charge is 0.488 e. The van der Waals surface area contributed by atoms with Gasteiger partial charge in [-0.1, -0.05) is 41.5 Å². The van der Waals surface area contributed by atoms with Crippen LogP contribution in [0, 0.1) is 0 Å². The third-order valence-electron chi connectivity index (χ3n) is 3.83. The molecule has 126 valence electrons. The van der Waals surface area contributed by atoms with Crippen LogP contribution in [-0.2, 0) is 25.6 Å². The molecular weight excluding hydrogens is 324 g/mol. The molecule has 1 heterocycles. The van der Waals surface area contributed by atoms with Crippen molar-refractivity contribution in [3.05, 3.63) is 0 Å². The fourth-order valence-corrected chi connectivity index (χ4v) is 17.8. The molecule has 1 saturated heterocycles. The lowest BCUT2D eigenvalue weighted by Gasteiger charge is -2.52. The molecular formula is C12H30O6Si3. The molecule has 21 heavy (non-hydrogen) atoms. The quantitative estimate of drug-likeness (QED) is 0.683. The van der Waals surface area contributed by atoms with Gasteiger partial charge in [0.05, 0.1) is 0 Å². The summed E-state index contributed by atoms with van der Waals surface area (Å²) in [6, 6.07) is 0. The predicted molar refractivity (Wildman–Crippen MR) is 86.8 cm³/mol. The molecule has 6 nitrogen and oxygen atoms in total. The molecule has 0 saturated carbocycles. The minimum absolute atomic E-state index is 0.105. The molecule has 0 aromatic heterocycles. The van der Waals surface area contributed by atoms with Gasteiger partial charge in [0.25, 0.3) is 0 Å². The SMILES string of the molecule is CO[Si]1(C(C)C)O[Si](OC)(C(C)C)O[Si](OC)(C(C)C)O1. The van der Waals surface area contributed by atoms with Crippen LogP contribution in [0.25, 0.3) is 0 Å². The second kappa shape index (κ2) is 6.89. The van der Waals surface area contributed by atoms with E-state index in [0.717, 1.165) is 0 Å². The van der Waals surface area contributed by atoms with Crippen LogP contribution in [0.5, 0.6) is 0 Å². The maximum atomic E-state index is 6.33. The molecule has 1 aliphatic rings. The van der Waals surface area contributed by atoms with E-state index in [4.69, 9.17) is 25.6 Å². The summed E-state index contributed by atoms with van der Waals surface area (Å²) in [5.74, 6) is 0. The predicted octanol–water partition coefficient (Wildman–Crippen LogP) is 3.04. The molecule has 0 amide bonds. The first-order chi connectivity index (χ1) is 9.63. The average molecular weight is 355 g/mol. The van der Waals surface area contributed by atoms with Crippen LogP contribution in [-0.4, -0.2) is 47.7 Å². The monoisotopic (exact) mass is 354 g/mol. The van der Waals surface area contributed by atoms with Crippen molar-refractivity contribution in [2.45, 2.75) is 58.2 Å². The second-order valence-electron chi connectivity index (χ2n) is 6.19. The van der Waals surface area contributed by atoms with Gasteiger partial charge in [0, 0.05) is 38.0 Å². The van der Waals surface area contributed by atoms with E-state index in [1.165, 1.54) is 0 Å². The van der Waals surface area contributed by atoms with Gasteiger partial charge in [0.1, 0.15) is 0 Å². The van der Waals surface area contributed by atoms with Crippen LogP contribution in [0.1, 0.15) is 41.5 Å². The Balaban J connectivity index is 3.40. The summed E-state index contributed by atoms with van der Waals surface area (Å²) in [4.78, 5) is 0. The van der Waals surface area contributed by atoms with Gasteiger partial charge in [-0.3, -0.25) is 0 Å². The molecule has 0 aromatic rings. The van der Waals surface area contributed by atoms with E-state index in [0.29, 0.717) is 0 Å². The minimum atomic E-state index is -2.92. The van der Waals surface area contributed by atoms with Crippen molar-refractivity contribution >= 4 is 26.4 Å². The summed E-state index contributed by atoms with van der Waals surface area (Å²) in [5, 5.41) is 0. The zero-order valence-corrected chi connectivity index (χ0v) is 17.7. The standard InChI is InChI=1S/C12H30O6Si3/c1-10(2)19(13-7)16-20(14-8,11(3)4)18-21(15-9,17-19)12(5)6/h10-12H,1-9H3. The molecule has 0 radical (unpaired) electrons. The topological polar surface area (TPSA) is 55.4 Å². The summed E-state index contributed by atoms with van der Waals surface area (Å²) in [6.45, 7) is 12.3. The minimum Gasteiger partial charge on any atom is -0.378 e. The van der Waals surface area contributed by atoms with Crippen molar-refractivity contribution in [1.82, 2.24) is 0 Å². The molecule has 0 N–H and O–H groups in total. The summed E-state index contributed by atoms with van der Waals surface area (Å²) >= 11 is 0. The van der Waals surface area contributed by atoms with Gasteiger partial charge >= 0.3 is 26.4 Å². The van der Waals surface area contributed by atoms with Gasteiger partial charge in [-0.05, 0) is 0 Å². The van der Waals surface area contributed by atoms with E-state index in [1.807, 2.05) is 41.5 Å². The number of rotatable bonds is 6. The maximum absolute atomic E-state index is 6.33. The normalized spacial score (nSPS) is 37.7. The zero-order chi connectivity index (χ0) is 16.5. The first kappa shape index (κ1) is 19.5. The Kier molecular flexibility index (Phi) is 6.38. The van der Waals surface area contributed by atoms with Crippen molar-refractivity contribution in [3.63, 3.8) is 0 Å². The highest BCUT2D eigenvalue weighted by atomic mass is 28.5. The van der Waals surface area contributed by atoms with E-state index >= 15 is 0 Å². The van der Waals surface area contributed by atoms with Crippen LogP contribution >= 0.6 is 0 Å². The van der Waals surface area contributed by atoms with Crippen LogP contribution in [0.4, 0.5) is 0 Å². The smallest absolute Gasteiger partial charge is 0.378 e. The van der Waals surface area contributed by atoms with Gasteiger partial charge in [-0.2, -0.15) is 0 Å². The van der Waals surface area contributed by atoms with Crippen molar-refractivity contribution in [2.75, 3.05) is 21.3 Å². The Morgan fingerprint density at radius 2 is 0.714 bits per heavy atom. The number of hydrogen-bond donors (Lipinski definition) is 0. The van der Waals surface area contributed by atoms with E-state index in [1.54, 1.807) is 21.3 Å². The van der Waals surface area contributed by atoms with Gasteiger partial charge in [0.2, 0.25) is 0 Å². The lowest BCUT2D eigenvalue weighted by molar-refractivity contribution is 0.0240. The van der Waals surface area contributed by atoms with Crippen molar-refractivity contribution in [2.24, 2.45) is 0 Å². The van der Waals surface area contributed by atoms with E-state index < -0.39 is 26.4 Å². The molecule has 0 aliphatic carbocycles. The fourth-order valence-electron chi connectivity index (χ4n) is 2.32. The highest BCUT2D eigenvalue weighted by molar-refractivity contribution is 6.90. The first-order valence-electron chi connectivity index (χ1n) is 7.39. The summed E-state index contributed by atoms with van der Waals surface area (Å²) in [5.41, 5.74) is 0.314. The van der Waals surface area contributed by atoms with Gasteiger partial charge in [-0.25, -0.2) is 0 Å². The Hall–Kier alpha value is 0.411. The molecule has 0 aromatic carbocycles. The molecule has 0 bridgehead atoms. The fraction of sp³-hybridized carbons (Fsp3) is 1.00. The molecule has 1 fully saturated rings. The highest BCUT2D eigenvalue weighted by Crippen LogP contribution is 2.45. The van der Waals surface area contributed by atoms with Crippen molar-refractivity contribution in [1.29, 1.82) is 0 Å². The first-order valence-corrected chi connectivity index (χ1v) is 12.8. The molecule has 9 heteroatoms. The summed E-state index contributed by atoms with van der Waals surface area (Å²) in [7, 11) is -3.85. The van der Waals surface area contributed by atoms with Gasteiger partial charge in [-0.15, -0.1) is 0 Å². The maximum Gasteiger partial charge on any atom is 0.488 e. The van der Waals surface area contributed by atoms with Crippen molar-refractivity contribution in [3.8, 4) is 0 Å². The highest BCUT2D eigenvalue weighted by Gasteiger charge is 2.70. The summed E-state index contributed by atoms with van der Waals surface area (Å²) in [6.07, 6.45) is 0. The Morgan fingerprint density at radius 1 is 0.524 bits per heavy atom. The van der Waals surface area contributed by atoms with E-state index in [2.05, 4.69) is 0 Å². The van der Waals surface area contributed by atoms with Crippen LogP contribution in [0.2, 0.25) is 16.6 Å². The van der Waals surface area contributed by atoms with Crippen LogP contribution in [0.15, 0.2) is 0 Å². The lowest BCUT2D eigenvalue weighted by Crippen LogP contribution is -2.75. The van der Waals surface area contributed by atoms with Crippen molar-refractivity contribution < 1.29 is 25.6 Å². The van der Waals surface area contributed by atoms with Crippen LogP contribution in [0.3, 0.4) is 0 Å². The third kappa shape index (κ3) is 3.35. The molecule has 0 unspecified atom stereocenters. The summed E-state index contributed by atoms with van der Waals surface area (Å²) < 4.78 is 36.3. The second-order valence-corrected chi connectivity index (χ2v) is 17.0. The van der Waals surface area contributed by atoms with E-state index in [9.17, 15) is 0 Å². The molecule has 1 rings (SSSR count). The number of hydrogen-bond acceptors (Lipinski definition) is 6. The molecule has 1 aliphatic heterocycles. The van der Waals surface area contributed by atoms with Crippen LogP contribution < -0.4 is 0 Å². The molecule has 0 atom stereocenters. The Bertz CT molecular complexity index is 292. The van der Waals surface area contributed by atoms with E-state index in [-0.39, 0.29) is 16.6 Å². The Labute approximate surface area is 132 Å². The Morgan fingerprint density at radius 3 is 0.810 bits per heavy atom. The third-order valence-corrected chi connectivity index (χ3v) is 16.6. The van der Waals surface area contributed by atoms with Gasteiger partial charge < -0.3 is 25.6 Å². The zero-order valence-electron chi connectivity index (χ0n) is 14.7.